The zero-order valence-corrected chi connectivity index (χ0v) is 9.48. The maximum Gasteiger partial charge on any atom is 0.169 e. The van der Waals surface area contributed by atoms with E-state index < -0.39 is 0 Å². The molecule has 0 saturated heterocycles. The first-order valence-electron chi connectivity index (χ1n) is 3.23. The van der Waals surface area contributed by atoms with Crippen LogP contribution in [-0.2, 0) is 4.79 Å². The third kappa shape index (κ3) is 2.60. The quantitative estimate of drug-likeness (QED) is 0.783. The lowest BCUT2D eigenvalue weighted by atomic mass is 10.3. The van der Waals surface area contributed by atoms with Crippen LogP contribution in [0, 0.1) is 0 Å². The van der Waals surface area contributed by atoms with Crippen molar-refractivity contribution in [3.8, 4) is 0 Å². The predicted molar refractivity (Wildman–Crippen MR) is 54.0 cm³/mol. The van der Waals surface area contributed by atoms with Gasteiger partial charge in [-0.05, 0) is 57.0 Å². The van der Waals surface area contributed by atoms with Crippen molar-refractivity contribution in [3.63, 3.8) is 0 Å². The Bertz CT molecular complexity index is 326. The highest BCUT2D eigenvalue weighted by Crippen LogP contribution is 2.18. The molecule has 0 unspecified atom stereocenters. The van der Waals surface area contributed by atoms with Gasteiger partial charge < -0.3 is 4.42 Å². The van der Waals surface area contributed by atoms with Gasteiger partial charge in [-0.15, -0.1) is 0 Å². The fraction of sp³-hybridized carbons (Fsp3) is 0.125. The molecule has 2 nitrogen and oxygen atoms in total. The highest BCUT2D eigenvalue weighted by Gasteiger charge is 2.01. The summed E-state index contributed by atoms with van der Waals surface area (Å²) >= 11 is 6.29. The van der Waals surface area contributed by atoms with Gasteiger partial charge in [-0.25, -0.2) is 0 Å². The number of ketones is 1. The Morgan fingerprint density at radius 3 is 2.67 bits per heavy atom. The van der Waals surface area contributed by atoms with Crippen LogP contribution >= 0.6 is 31.9 Å². The van der Waals surface area contributed by atoms with E-state index in [1.165, 1.54) is 6.92 Å². The van der Waals surface area contributed by atoms with Gasteiger partial charge in [0.25, 0.3) is 0 Å². The van der Waals surface area contributed by atoms with Crippen molar-refractivity contribution in [2.45, 2.75) is 6.92 Å². The number of hydrogen-bond donors (Lipinski definition) is 0. The molecule has 12 heavy (non-hydrogen) atoms. The van der Waals surface area contributed by atoms with Gasteiger partial charge in [0.1, 0.15) is 5.76 Å². The molecule has 1 aromatic heterocycles. The second-order valence-corrected chi connectivity index (χ2v) is 3.83. The van der Waals surface area contributed by atoms with Gasteiger partial charge in [0.2, 0.25) is 0 Å². The third-order valence-electron chi connectivity index (χ3n) is 1.20. The lowest BCUT2D eigenvalue weighted by molar-refractivity contribution is -0.112. The second-order valence-electron chi connectivity index (χ2n) is 2.19. The highest BCUT2D eigenvalue weighted by atomic mass is 79.9. The standard InChI is InChI=1S/C8H6Br2O2/c1-5(11)7(9)4-6-2-3-8(10)12-6/h2-4H,1H3/b7-4+. The first-order valence-corrected chi connectivity index (χ1v) is 4.81. The molecule has 4 heteroatoms. The lowest BCUT2D eigenvalue weighted by Crippen LogP contribution is -1.86. The monoisotopic (exact) mass is 292 g/mol. The van der Waals surface area contributed by atoms with Crippen LogP contribution < -0.4 is 0 Å². The molecule has 0 atom stereocenters. The normalized spacial score (nSPS) is 11.8. The molecule has 64 valence electrons. The summed E-state index contributed by atoms with van der Waals surface area (Å²) in [5, 5.41) is 0. The van der Waals surface area contributed by atoms with Gasteiger partial charge in [0, 0.05) is 0 Å². The molecule has 0 aliphatic heterocycles. The zero-order chi connectivity index (χ0) is 9.14. The SMILES string of the molecule is CC(=O)/C(Br)=C\c1ccc(Br)o1. The summed E-state index contributed by atoms with van der Waals surface area (Å²) in [5.74, 6) is 0.617. The molecule has 1 aromatic rings. The van der Waals surface area contributed by atoms with Crippen molar-refractivity contribution in [2.75, 3.05) is 0 Å². The van der Waals surface area contributed by atoms with E-state index >= 15 is 0 Å². The van der Waals surface area contributed by atoms with E-state index in [4.69, 9.17) is 4.42 Å². The van der Waals surface area contributed by atoms with Crippen LogP contribution in [0.4, 0.5) is 0 Å². The smallest absolute Gasteiger partial charge is 0.169 e. The second kappa shape index (κ2) is 4.05. The van der Waals surface area contributed by atoms with E-state index in [9.17, 15) is 4.79 Å². The molecule has 0 aromatic carbocycles. The summed E-state index contributed by atoms with van der Waals surface area (Å²) < 4.78 is 6.32. The molecule has 1 rings (SSSR count). The number of halogens is 2. The molecule has 0 aliphatic carbocycles. The number of carbonyl (C=O) groups is 1. The molecule has 0 saturated carbocycles. The predicted octanol–water partition coefficient (Wildman–Crippen LogP) is 3.37. The van der Waals surface area contributed by atoms with Crippen molar-refractivity contribution < 1.29 is 9.21 Å². The molecule has 1 heterocycles. The molecule has 0 aliphatic rings. The number of rotatable bonds is 2. The molecule has 0 radical (unpaired) electrons. The van der Waals surface area contributed by atoms with Crippen molar-refractivity contribution >= 4 is 43.7 Å². The van der Waals surface area contributed by atoms with Crippen LogP contribution in [0.3, 0.4) is 0 Å². The van der Waals surface area contributed by atoms with E-state index in [0.717, 1.165) is 0 Å². The van der Waals surface area contributed by atoms with E-state index in [1.54, 1.807) is 18.2 Å². The zero-order valence-electron chi connectivity index (χ0n) is 6.30. The van der Waals surface area contributed by atoms with Crippen LogP contribution in [0.5, 0.6) is 0 Å². The van der Waals surface area contributed by atoms with E-state index in [2.05, 4.69) is 31.9 Å². The minimum atomic E-state index is -0.0254. The summed E-state index contributed by atoms with van der Waals surface area (Å²) in [5.41, 5.74) is 0. The van der Waals surface area contributed by atoms with Crippen molar-refractivity contribution in [1.82, 2.24) is 0 Å². The first kappa shape index (κ1) is 9.74. The molecule has 0 fully saturated rings. The highest BCUT2D eigenvalue weighted by molar-refractivity contribution is 9.12. The molecular formula is C8H6Br2O2. The maximum atomic E-state index is 10.8. The Balaban J connectivity index is 2.87. The van der Waals surface area contributed by atoms with Gasteiger partial charge in [0.15, 0.2) is 10.5 Å². The summed E-state index contributed by atoms with van der Waals surface area (Å²) in [7, 11) is 0. The first-order chi connectivity index (χ1) is 5.59. The minimum Gasteiger partial charge on any atom is -0.450 e. The number of furan rings is 1. The van der Waals surface area contributed by atoms with Gasteiger partial charge >= 0.3 is 0 Å². The number of allylic oxidation sites excluding steroid dienone is 1. The van der Waals surface area contributed by atoms with E-state index in [-0.39, 0.29) is 5.78 Å². The Morgan fingerprint density at radius 1 is 1.58 bits per heavy atom. The summed E-state index contributed by atoms with van der Waals surface area (Å²) in [6.07, 6.45) is 1.63. The van der Waals surface area contributed by atoms with Gasteiger partial charge in [-0.2, -0.15) is 0 Å². The van der Waals surface area contributed by atoms with Crippen LogP contribution in [0.15, 0.2) is 25.7 Å². The lowest BCUT2D eigenvalue weighted by Gasteiger charge is -1.88. The van der Waals surface area contributed by atoms with Crippen LogP contribution in [0.25, 0.3) is 6.08 Å². The molecular weight excluding hydrogens is 288 g/mol. The van der Waals surface area contributed by atoms with Crippen LogP contribution in [0.1, 0.15) is 12.7 Å². The average Bonchev–Trinajstić information content (AvgIpc) is 2.35. The van der Waals surface area contributed by atoms with Gasteiger partial charge in [-0.3, -0.25) is 4.79 Å². The van der Waals surface area contributed by atoms with Crippen LogP contribution in [-0.4, -0.2) is 5.78 Å². The average molecular weight is 294 g/mol. The van der Waals surface area contributed by atoms with Crippen LogP contribution in [0.2, 0.25) is 0 Å². The summed E-state index contributed by atoms with van der Waals surface area (Å²) in [6.45, 7) is 1.48. The van der Waals surface area contributed by atoms with Crippen molar-refractivity contribution in [2.24, 2.45) is 0 Å². The fourth-order valence-electron chi connectivity index (χ4n) is 0.632. The van der Waals surface area contributed by atoms with Gasteiger partial charge in [0.05, 0.1) is 4.48 Å². The topological polar surface area (TPSA) is 30.2 Å². The van der Waals surface area contributed by atoms with Crippen molar-refractivity contribution in [1.29, 1.82) is 0 Å². The molecule has 0 N–H and O–H groups in total. The summed E-state index contributed by atoms with van der Waals surface area (Å²) in [6, 6.07) is 3.54. The largest absolute Gasteiger partial charge is 0.450 e. The molecule has 0 amide bonds. The Kier molecular flexibility index (Phi) is 3.29. The van der Waals surface area contributed by atoms with E-state index in [1.807, 2.05) is 0 Å². The Labute approximate surface area is 86.9 Å². The molecule has 0 bridgehead atoms. The van der Waals surface area contributed by atoms with E-state index in [0.29, 0.717) is 14.9 Å². The number of hydrogen-bond acceptors (Lipinski definition) is 2. The Morgan fingerprint density at radius 2 is 2.25 bits per heavy atom. The maximum absolute atomic E-state index is 10.8. The van der Waals surface area contributed by atoms with Crippen molar-refractivity contribution in [3.05, 3.63) is 27.0 Å². The summed E-state index contributed by atoms with van der Waals surface area (Å²) in [4.78, 5) is 10.8. The fourth-order valence-corrected chi connectivity index (χ4v) is 1.18. The third-order valence-corrected chi connectivity index (χ3v) is 2.41. The number of Topliss-reactive ketones (excluding diaryl/α,β-unsaturated/α-hetero) is 1. The van der Waals surface area contributed by atoms with Gasteiger partial charge in [-0.1, -0.05) is 0 Å². The minimum absolute atomic E-state index is 0.0254. The number of carbonyl (C=O) groups excluding carboxylic acids is 1. The molecule has 0 spiro atoms. The Hall–Kier alpha value is -0.350.